The van der Waals surface area contributed by atoms with Crippen LogP contribution in [0.3, 0.4) is 0 Å². The summed E-state index contributed by atoms with van der Waals surface area (Å²) in [5.41, 5.74) is 2.12. The zero-order valence-corrected chi connectivity index (χ0v) is 18.1. The molecule has 3 rings (SSSR count). The first kappa shape index (κ1) is 19.0. The summed E-state index contributed by atoms with van der Waals surface area (Å²) in [6, 6.07) is 0. The normalized spacial score (nSPS) is 31.0. The lowest BCUT2D eigenvalue weighted by molar-refractivity contribution is -0.0692. The maximum absolute atomic E-state index is 6.82. The molecule has 0 aromatic carbocycles. The van der Waals surface area contributed by atoms with Gasteiger partial charge in [0.15, 0.2) is 8.32 Å². The average molecular weight is 335 g/mol. The first-order valence-corrected chi connectivity index (χ1v) is 12.1. The molecule has 0 radical (unpaired) electrons. The quantitative estimate of drug-likeness (QED) is 0.529. The fourth-order valence-corrected chi connectivity index (χ4v) is 4.92. The molecular formula is C21H38OSi. The monoisotopic (exact) mass is 334 g/mol. The van der Waals surface area contributed by atoms with Crippen molar-refractivity contribution in [2.75, 3.05) is 0 Å². The van der Waals surface area contributed by atoms with Gasteiger partial charge in [0.25, 0.3) is 0 Å². The Labute approximate surface area is 145 Å². The molecule has 2 heteroatoms. The summed E-state index contributed by atoms with van der Waals surface area (Å²) in [4.78, 5) is 0. The Hall–Kier alpha value is -0.343. The molecule has 1 nitrogen and oxygen atoms in total. The standard InChI is InChI=1S/C21H38OSi/c1-19(2,3)12-11-15-13-18(17-14-16(15)21(17,7)8)22-23(9,10)20(4,5)6/h11-13,16-18H,14H2,1-10H3/b12-11+/t16-,17+,18-/m0/s1. The van der Waals surface area contributed by atoms with Crippen molar-refractivity contribution in [1.82, 2.24) is 0 Å². The third kappa shape index (κ3) is 3.68. The highest BCUT2D eigenvalue weighted by Crippen LogP contribution is 2.61. The Morgan fingerprint density at radius 1 is 1.13 bits per heavy atom. The smallest absolute Gasteiger partial charge is 0.192 e. The molecule has 0 amide bonds. The van der Waals surface area contributed by atoms with Gasteiger partial charge in [-0.3, -0.25) is 0 Å². The van der Waals surface area contributed by atoms with Crippen LogP contribution in [0.1, 0.15) is 61.8 Å². The molecule has 0 aromatic heterocycles. The minimum Gasteiger partial charge on any atom is -0.410 e. The van der Waals surface area contributed by atoms with E-state index in [0.29, 0.717) is 23.4 Å². The van der Waals surface area contributed by atoms with Crippen molar-refractivity contribution in [1.29, 1.82) is 0 Å². The number of fused-ring (bicyclic) bond motifs is 1. The van der Waals surface area contributed by atoms with Gasteiger partial charge in [-0.25, -0.2) is 0 Å². The summed E-state index contributed by atoms with van der Waals surface area (Å²) >= 11 is 0. The molecule has 1 saturated carbocycles. The third-order valence-electron chi connectivity index (χ3n) is 6.51. The van der Waals surface area contributed by atoms with Crippen molar-refractivity contribution in [2.45, 2.75) is 86.0 Å². The van der Waals surface area contributed by atoms with E-state index in [2.05, 4.69) is 86.7 Å². The van der Waals surface area contributed by atoms with Gasteiger partial charge >= 0.3 is 0 Å². The highest BCUT2D eigenvalue weighted by molar-refractivity contribution is 6.74. The maximum Gasteiger partial charge on any atom is 0.192 e. The summed E-state index contributed by atoms with van der Waals surface area (Å²) < 4.78 is 6.82. The number of hydrogen-bond acceptors (Lipinski definition) is 1. The van der Waals surface area contributed by atoms with Gasteiger partial charge in [0.05, 0.1) is 6.10 Å². The van der Waals surface area contributed by atoms with Crippen molar-refractivity contribution in [2.24, 2.45) is 22.7 Å². The molecule has 3 aliphatic carbocycles. The first-order chi connectivity index (χ1) is 10.2. The molecule has 0 aromatic rings. The molecule has 0 N–H and O–H groups in total. The summed E-state index contributed by atoms with van der Waals surface area (Å²) in [6.45, 7) is 23.4. The van der Waals surface area contributed by atoms with Crippen LogP contribution in [-0.4, -0.2) is 14.4 Å². The topological polar surface area (TPSA) is 9.23 Å². The number of hydrogen-bond donors (Lipinski definition) is 0. The number of allylic oxidation sites excluding steroid dienone is 3. The predicted octanol–water partition coefficient (Wildman–Crippen LogP) is 6.58. The summed E-state index contributed by atoms with van der Waals surface area (Å²) in [6.07, 6.45) is 8.79. The van der Waals surface area contributed by atoms with E-state index in [1.807, 2.05) is 0 Å². The Morgan fingerprint density at radius 2 is 1.70 bits per heavy atom. The molecule has 0 saturated heterocycles. The fourth-order valence-electron chi connectivity index (χ4n) is 3.66. The van der Waals surface area contributed by atoms with Crippen LogP contribution in [0, 0.1) is 22.7 Å². The molecule has 0 heterocycles. The molecule has 2 bridgehead atoms. The molecule has 3 aliphatic rings. The average Bonchev–Trinajstić information content (AvgIpc) is 2.32. The first-order valence-electron chi connectivity index (χ1n) is 9.24. The van der Waals surface area contributed by atoms with Crippen molar-refractivity contribution in [3.8, 4) is 0 Å². The Bertz CT molecular complexity index is 511. The second-order valence-corrected chi connectivity index (χ2v) is 15.7. The predicted molar refractivity (Wildman–Crippen MR) is 104 cm³/mol. The lowest BCUT2D eigenvalue weighted by atomic mass is 9.48. The van der Waals surface area contributed by atoms with E-state index in [1.165, 1.54) is 12.0 Å². The van der Waals surface area contributed by atoms with Crippen molar-refractivity contribution < 1.29 is 4.43 Å². The second-order valence-electron chi connectivity index (χ2n) is 10.9. The Balaban J connectivity index is 2.28. The molecule has 23 heavy (non-hydrogen) atoms. The van der Waals surface area contributed by atoms with Gasteiger partial charge in [-0.15, -0.1) is 0 Å². The highest BCUT2D eigenvalue weighted by Gasteiger charge is 2.56. The maximum atomic E-state index is 6.82. The van der Waals surface area contributed by atoms with Gasteiger partial charge in [-0.2, -0.15) is 0 Å². The largest absolute Gasteiger partial charge is 0.410 e. The molecule has 0 aliphatic heterocycles. The van der Waals surface area contributed by atoms with Crippen molar-refractivity contribution in [3.63, 3.8) is 0 Å². The Morgan fingerprint density at radius 3 is 2.13 bits per heavy atom. The SMILES string of the molecule is CC(C)(C)/C=C/C1=C[C@H](O[Si](C)(C)C(C)(C)C)[C@H]2C[C@@H]1C2(C)C. The molecule has 0 spiro atoms. The third-order valence-corrected chi connectivity index (χ3v) is 11.0. The zero-order valence-electron chi connectivity index (χ0n) is 17.1. The summed E-state index contributed by atoms with van der Waals surface area (Å²) in [5, 5.41) is 0.271. The van der Waals surface area contributed by atoms with Crippen LogP contribution < -0.4 is 0 Å². The Kier molecular flexibility index (Phi) is 4.62. The van der Waals surface area contributed by atoms with Crippen LogP contribution in [0.25, 0.3) is 0 Å². The highest BCUT2D eigenvalue weighted by atomic mass is 28.4. The van der Waals surface area contributed by atoms with E-state index in [-0.39, 0.29) is 10.5 Å². The molecule has 0 unspecified atom stereocenters. The van der Waals surface area contributed by atoms with Gasteiger partial charge in [-0.1, -0.05) is 73.6 Å². The van der Waals surface area contributed by atoms with E-state index >= 15 is 0 Å². The summed E-state index contributed by atoms with van der Waals surface area (Å²) in [5.74, 6) is 1.40. The van der Waals surface area contributed by atoms with E-state index < -0.39 is 8.32 Å². The molecule has 3 atom stereocenters. The van der Waals surface area contributed by atoms with E-state index in [9.17, 15) is 0 Å². The van der Waals surface area contributed by atoms with Gasteiger partial charge in [0.1, 0.15) is 0 Å². The lowest BCUT2D eigenvalue weighted by Crippen LogP contribution is -2.57. The van der Waals surface area contributed by atoms with Crippen LogP contribution in [0.5, 0.6) is 0 Å². The van der Waals surface area contributed by atoms with E-state index in [0.717, 1.165) is 0 Å². The fraction of sp³-hybridized carbons (Fsp3) is 0.810. The molecule has 1 fully saturated rings. The minimum atomic E-state index is -1.73. The summed E-state index contributed by atoms with van der Waals surface area (Å²) in [7, 11) is -1.73. The van der Waals surface area contributed by atoms with Crippen LogP contribution in [0.2, 0.25) is 18.1 Å². The van der Waals surface area contributed by atoms with Crippen LogP contribution in [0.15, 0.2) is 23.8 Å². The molecule has 132 valence electrons. The van der Waals surface area contributed by atoms with Crippen LogP contribution in [0.4, 0.5) is 0 Å². The molecular weight excluding hydrogens is 296 g/mol. The minimum absolute atomic E-state index is 0.237. The van der Waals surface area contributed by atoms with Crippen molar-refractivity contribution in [3.05, 3.63) is 23.8 Å². The van der Waals surface area contributed by atoms with Gasteiger partial charge < -0.3 is 4.43 Å². The van der Waals surface area contributed by atoms with Crippen molar-refractivity contribution >= 4 is 8.32 Å². The number of rotatable bonds is 3. The van der Waals surface area contributed by atoms with Gasteiger partial charge in [-0.05, 0) is 52.8 Å². The van der Waals surface area contributed by atoms with E-state index in [4.69, 9.17) is 4.43 Å². The second kappa shape index (κ2) is 5.59. The van der Waals surface area contributed by atoms with Gasteiger partial charge in [0.2, 0.25) is 0 Å². The van der Waals surface area contributed by atoms with Crippen LogP contribution in [-0.2, 0) is 4.43 Å². The van der Waals surface area contributed by atoms with Crippen LogP contribution >= 0.6 is 0 Å². The lowest BCUT2D eigenvalue weighted by Gasteiger charge is -2.60. The van der Waals surface area contributed by atoms with Gasteiger partial charge in [0, 0.05) is 0 Å². The zero-order chi connectivity index (χ0) is 17.8. The van der Waals surface area contributed by atoms with E-state index in [1.54, 1.807) is 0 Å².